The van der Waals surface area contributed by atoms with Crippen LogP contribution in [-0.4, -0.2) is 46.6 Å². The van der Waals surface area contributed by atoms with Crippen molar-refractivity contribution in [1.82, 2.24) is 10.6 Å². The van der Waals surface area contributed by atoms with Crippen LogP contribution in [0, 0.1) is 80.3 Å². The second-order valence-electron chi connectivity index (χ2n) is 29.3. The molecule has 18 rings (SSSR count). The zero-order valence-corrected chi connectivity index (χ0v) is 49.3. The van der Waals surface area contributed by atoms with Crippen LogP contribution in [0.5, 0.6) is 0 Å². The van der Waals surface area contributed by atoms with Crippen molar-refractivity contribution >= 4 is 23.2 Å². The first-order valence-corrected chi connectivity index (χ1v) is 32.4. The van der Waals surface area contributed by atoms with Crippen LogP contribution >= 0.6 is 0 Å². The Morgan fingerprint density at radius 1 is 0.864 bits per heavy atom. The molecule has 0 saturated heterocycles. The van der Waals surface area contributed by atoms with Crippen LogP contribution in [0.4, 0.5) is 0 Å². The molecule has 5 N–H and O–H groups in total. The predicted molar refractivity (Wildman–Crippen MR) is 327 cm³/mol. The van der Waals surface area contributed by atoms with E-state index in [0.29, 0.717) is 42.9 Å². The average Bonchev–Trinajstić information content (AvgIpc) is 2.63. The van der Waals surface area contributed by atoms with Crippen molar-refractivity contribution in [2.45, 2.75) is 168 Å². The first-order chi connectivity index (χ1) is 39.2. The van der Waals surface area contributed by atoms with E-state index >= 15 is 0 Å². The van der Waals surface area contributed by atoms with Crippen LogP contribution in [-0.2, 0) is 17.6 Å². The minimum atomic E-state index is -0.735. The van der Waals surface area contributed by atoms with Crippen LogP contribution in [0.25, 0.3) is 17.2 Å². The van der Waals surface area contributed by atoms with E-state index < -0.39 is 29.5 Å². The highest BCUT2D eigenvalue weighted by molar-refractivity contribution is 5.78. The Balaban J connectivity index is 0.995. The van der Waals surface area contributed by atoms with Crippen molar-refractivity contribution in [2.24, 2.45) is 80.3 Å². The quantitative estimate of drug-likeness (QED) is 0.158. The number of aliphatic carboxylic acids is 1. The monoisotopic (exact) mass is 1080 g/mol. The SMILES string of the molecule is C=C1CC[C@@H](C(=O)O)[C@H]2[C@H](O)C[C@@]34C[C@H](Cc5ccccc5)C[C@@H](CC5=C3C[C@]36C=C7C(=c8ccccc8=C[C@H]7[C@@]57CC[C@H](O)[C@@](C)(CC=C3CC(C)C)[C@@H]76)Cc3cccc(c3)C3=CC=C(NCCC[C@H]1C1CCCCC1)NC3)[C@]24C. The molecule has 15 aliphatic rings. The minimum absolute atomic E-state index is 0.109. The summed E-state index contributed by atoms with van der Waals surface area (Å²) in [6, 6.07) is 29.8. The molecule has 3 aromatic rings. The number of rotatable bonds is 6. The summed E-state index contributed by atoms with van der Waals surface area (Å²) in [5.41, 5.74) is 12.5. The fourth-order valence-electron chi connectivity index (χ4n) is 22.0. The molecular weight excluding hydrogens is 993 g/mol. The molecule has 426 valence electrons. The van der Waals surface area contributed by atoms with Crippen molar-refractivity contribution in [3.8, 4) is 0 Å². The summed E-state index contributed by atoms with van der Waals surface area (Å²) in [4.78, 5) is 14.5. The molecule has 4 fully saturated rings. The zero-order valence-electron chi connectivity index (χ0n) is 49.3. The first kappa shape index (κ1) is 53.8. The van der Waals surface area contributed by atoms with Gasteiger partial charge < -0.3 is 26.0 Å². The Hall–Kier alpha value is -5.17. The van der Waals surface area contributed by atoms with Gasteiger partial charge >= 0.3 is 5.97 Å². The van der Waals surface area contributed by atoms with Crippen molar-refractivity contribution in [3.63, 3.8) is 0 Å². The molecule has 15 bridgehead atoms. The van der Waals surface area contributed by atoms with Crippen LogP contribution in [0.1, 0.15) is 160 Å². The fraction of sp³-hybridized carbons (Fsp3) is 0.560. The van der Waals surface area contributed by atoms with Gasteiger partial charge in [0.15, 0.2) is 0 Å². The average molecular weight is 1090 g/mol. The molecule has 3 aromatic carbocycles. The van der Waals surface area contributed by atoms with Crippen molar-refractivity contribution in [2.75, 3.05) is 13.1 Å². The Labute approximate surface area is 483 Å². The lowest BCUT2D eigenvalue weighted by atomic mass is 9.28. The van der Waals surface area contributed by atoms with Gasteiger partial charge in [-0.1, -0.05) is 179 Å². The summed E-state index contributed by atoms with van der Waals surface area (Å²) >= 11 is 0. The van der Waals surface area contributed by atoms with Crippen LogP contribution in [0.15, 0.2) is 143 Å². The first-order valence-electron chi connectivity index (χ1n) is 32.4. The third kappa shape index (κ3) is 8.29. The van der Waals surface area contributed by atoms with E-state index in [-0.39, 0.29) is 45.3 Å². The summed E-state index contributed by atoms with van der Waals surface area (Å²) in [6.07, 6.45) is 31.1. The maximum absolute atomic E-state index is 14.5. The van der Waals surface area contributed by atoms with Gasteiger partial charge in [0, 0.05) is 46.6 Å². The van der Waals surface area contributed by atoms with E-state index in [1.807, 2.05) is 0 Å². The summed E-state index contributed by atoms with van der Waals surface area (Å²) in [7, 11) is 0. The highest BCUT2D eigenvalue weighted by atomic mass is 16.4. The topological polar surface area (TPSA) is 102 Å². The van der Waals surface area contributed by atoms with Crippen molar-refractivity contribution in [3.05, 3.63) is 171 Å². The van der Waals surface area contributed by atoms with Gasteiger partial charge in [0.25, 0.3) is 0 Å². The van der Waals surface area contributed by atoms with Crippen LogP contribution < -0.4 is 21.1 Å². The molecule has 9 aliphatic carbocycles. The number of aliphatic hydroxyl groups excluding tert-OH is 2. The second kappa shape index (κ2) is 20.3. The van der Waals surface area contributed by atoms with Crippen LogP contribution in [0.2, 0.25) is 0 Å². The number of nitrogens with one attached hydrogen (secondary N) is 2. The number of carboxylic acids is 1. The predicted octanol–water partition coefficient (Wildman–Crippen LogP) is 13.7. The van der Waals surface area contributed by atoms with E-state index in [4.69, 9.17) is 6.58 Å². The van der Waals surface area contributed by atoms with Crippen molar-refractivity contribution < 1.29 is 20.1 Å². The van der Waals surface area contributed by atoms with Gasteiger partial charge in [0.2, 0.25) is 0 Å². The second-order valence-corrected chi connectivity index (χ2v) is 29.3. The molecule has 2 spiro atoms. The van der Waals surface area contributed by atoms with Gasteiger partial charge in [-0.3, -0.25) is 4.79 Å². The number of aliphatic hydroxyl groups is 2. The Bertz CT molecular complexity index is 3320. The van der Waals surface area contributed by atoms with E-state index in [9.17, 15) is 20.1 Å². The number of hydrogen-bond acceptors (Lipinski definition) is 5. The Morgan fingerprint density at radius 2 is 1.68 bits per heavy atom. The molecular formula is C75H92N2O4. The largest absolute Gasteiger partial charge is 0.481 e. The van der Waals surface area contributed by atoms with E-state index in [2.05, 4.69) is 148 Å². The van der Waals surface area contributed by atoms with E-state index in [1.54, 1.807) is 16.7 Å². The Kier molecular flexibility index (Phi) is 13.5. The molecule has 0 aromatic heterocycles. The highest BCUT2D eigenvalue weighted by Crippen LogP contribution is 2.84. The maximum Gasteiger partial charge on any atom is 0.306 e. The Morgan fingerprint density at radius 3 is 2.47 bits per heavy atom. The summed E-state index contributed by atoms with van der Waals surface area (Å²) in [6.45, 7) is 16.4. The number of allylic oxidation sites excluding steroid dienone is 9. The smallest absolute Gasteiger partial charge is 0.306 e. The molecule has 6 nitrogen and oxygen atoms in total. The number of benzene rings is 3. The van der Waals surface area contributed by atoms with Gasteiger partial charge in [0.05, 0.1) is 23.9 Å². The number of hydrogen-bond donors (Lipinski definition) is 5. The highest BCUT2D eigenvalue weighted by Gasteiger charge is 2.78. The summed E-state index contributed by atoms with van der Waals surface area (Å²) in [5, 5.41) is 48.4. The molecule has 6 heterocycles. The van der Waals surface area contributed by atoms with Gasteiger partial charge in [-0.15, -0.1) is 0 Å². The molecule has 0 unspecified atom stereocenters. The number of fused-ring (bicyclic) bond motifs is 1. The van der Waals surface area contributed by atoms with Crippen LogP contribution in [0.3, 0.4) is 0 Å². The molecule has 4 saturated carbocycles. The minimum Gasteiger partial charge on any atom is -0.481 e. The maximum atomic E-state index is 14.5. The van der Waals surface area contributed by atoms with E-state index in [0.717, 1.165) is 96.0 Å². The van der Waals surface area contributed by atoms with E-state index in [1.165, 1.54) is 81.5 Å². The van der Waals surface area contributed by atoms with Gasteiger partial charge in [-0.05, 0) is 200 Å². The zero-order chi connectivity index (χ0) is 55.6. The molecule has 0 radical (unpaired) electrons. The number of carbonyl (C=O) groups is 1. The summed E-state index contributed by atoms with van der Waals surface area (Å²) < 4.78 is 0. The molecule has 81 heavy (non-hydrogen) atoms. The van der Waals surface area contributed by atoms with Gasteiger partial charge in [0.1, 0.15) is 0 Å². The molecule has 14 atom stereocenters. The standard InChI is InChI=1S/C75H92N2O4/c1-46(2)34-55-29-31-71(4)66(79)30-32-75-62-39-53-21-12-13-23-58(53)60-38-49-18-14-22-52(36-49)54-26-28-67(77-45-54)76-33-15-24-57(51-19-10-7-11-20-51)47(3)25-27-59(69(80)81)68-65(78)44-74-41-50(35-48-16-8-6-9-17-48)37-56(72(68,74)5)40-63(75)64(74)43-73(55,70(71)75)42-61(60)62/h6,8-9,12-14,16-18,21-23,26,28-29,36,39,42,46,50-51,56-57,59,62,65-66,68,70,76-79H,3,7,10-11,15,19-20,24-25,27,30-35,37-38,40-41,43-45H2,1-2,4-5H3,(H,80,81)/t50-,56+,57-,59-,62-,65-,66+,68+,70-,71-,72-,73-,74+,75+/m1/s1. The normalized spacial score (nSPS) is 38.9. The number of carboxylic acid groups (broad SMARTS) is 1. The molecule has 6 aliphatic heterocycles. The lowest BCUT2D eigenvalue weighted by molar-refractivity contribution is -0.175. The third-order valence-electron chi connectivity index (χ3n) is 25.0. The van der Waals surface area contributed by atoms with Gasteiger partial charge in [-0.25, -0.2) is 0 Å². The lowest BCUT2D eigenvalue weighted by Gasteiger charge is -2.75. The fourth-order valence-corrected chi connectivity index (χ4v) is 22.0. The lowest BCUT2D eigenvalue weighted by Crippen LogP contribution is -2.69. The molecule has 0 amide bonds. The number of dihydropyridines is 1. The van der Waals surface area contributed by atoms with Crippen molar-refractivity contribution in [1.29, 1.82) is 0 Å². The van der Waals surface area contributed by atoms with Gasteiger partial charge in [-0.2, -0.15) is 0 Å². The molecule has 6 heteroatoms. The third-order valence-corrected chi connectivity index (χ3v) is 25.0. The summed E-state index contributed by atoms with van der Waals surface area (Å²) in [5.74, 6) is 1.59.